The van der Waals surface area contributed by atoms with Crippen molar-refractivity contribution in [3.8, 4) is 0 Å². The Balaban J connectivity index is 1.54. The molecule has 1 aromatic rings. The molecule has 0 bridgehead atoms. The molecule has 2 aliphatic heterocycles. The fraction of sp³-hybridized carbons (Fsp3) is 0.556. The van der Waals surface area contributed by atoms with Crippen LogP contribution in [0.15, 0.2) is 24.3 Å². The molecule has 3 rings (SSSR count). The van der Waals surface area contributed by atoms with Crippen LogP contribution in [0, 0.1) is 5.82 Å². The van der Waals surface area contributed by atoms with Gasteiger partial charge in [-0.05, 0) is 18.9 Å². The summed E-state index contributed by atoms with van der Waals surface area (Å²) >= 11 is 0. The summed E-state index contributed by atoms with van der Waals surface area (Å²) in [4.78, 5) is 27.4. The Kier molecular flexibility index (Phi) is 5.53. The predicted octanol–water partition coefficient (Wildman–Crippen LogP) is 1.92. The van der Waals surface area contributed by atoms with Crippen LogP contribution in [0.5, 0.6) is 0 Å². The van der Waals surface area contributed by atoms with Gasteiger partial charge in [0, 0.05) is 38.2 Å². The first-order valence-corrected chi connectivity index (χ1v) is 8.71. The van der Waals surface area contributed by atoms with E-state index < -0.39 is 6.10 Å². The van der Waals surface area contributed by atoms with E-state index in [2.05, 4.69) is 5.32 Å². The molecular weight excluding hydrogens is 325 g/mol. The van der Waals surface area contributed by atoms with E-state index in [-0.39, 0.29) is 23.8 Å². The van der Waals surface area contributed by atoms with Gasteiger partial charge >= 0.3 is 6.03 Å². The fourth-order valence-corrected chi connectivity index (χ4v) is 3.36. The Morgan fingerprint density at radius 2 is 1.88 bits per heavy atom. The molecule has 2 saturated heterocycles. The number of benzene rings is 1. The molecule has 3 amide bonds. The topological polar surface area (TPSA) is 61.9 Å². The summed E-state index contributed by atoms with van der Waals surface area (Å²) in [5, 5.41) is 3.03. The third-order valence-corrected chi connectivity index (χ3v) is 4.87. The molecule has 1 aromatic carbocycles. The van der Waals surface area contributed by atoms with Gasteiger partial charge in [-0.25, -0.2) is 9.18 Å². The molecule has 7 heteroatoms. The molecule has 2 fully saturated rings. The highest BCUT2D eigenvalue weighted by Crippen LogP contribution is 2.24. The van der Waals surface area contributed by atoms with Crippen LogP contribution in [0.25, 0.3) is 0 Å². The Hall–Kier alpha value is -2.15. The first kappa shape index (κ1) is 17.7. The van der Waals surface area contributed by atoms with E-state index in [0.717, 1.165) is 12.8 Å². The van der Waals surface area contributed by atoms with Gasteiger partial charge in [-0.15, -0.1) is 0 Å². The molecule has 1 atom stereocenters. The quantitative estimate of drug-likeness (QED) is 0.887. The lowest BCUT2D eigenvalue weighted by atomic mass is 10.0. The molecule has 0 aliphatic carbocycles. The first-order valence-electron chi connectivity index (χ1n) is 8.71. The second-order valence-corrected chi connectivity index (χ2v) is 6.56. The minimum Gasteiger partial charge on any atom is -0.370 e. The molecule has 2 heterocycles. The molecule has 25 heavy (non-hydrogen) atoms. The molecule has 2 aliphatic rings. The summed E-state index contributed by atoms with van der Waals surface area (Å²) in [6, 6.07) is 6.42. The SMILES string of the molecule is CC(=O)N1CCC(NC(=O)N2CCO[C@@H](c3ccccc3F)C2)CC1. The van der Waals surface area contributed by atoms with E-state index in [9.17, 15) is 14.0 Å². The lowest BCUT2D eigenvalue weighted by Gasteiger charge is -2.36. The van der Waals surface area contributed by atoms with Crippen molar-refractivity contribution >= 4 is 11.9 Å². The zero-order chi connectivity index (χ0) is 17.8. The van der Waals surface area contributed by atoms with Crippen LogP contribution < -0.4 is 5.32 Å². The Bertz CT molecular complexity index is 632. The normalized spacial score (nSPS) is 21.9. The number of ether oxygens (including phenoxy) is 1. The number of amides is 3. The van der Waals surface area contributed by atoms with Crippen molar-refractivity contribution in [1.29, 1.82) is 0 Å². The third kappa shape index (κ3) is 4.28. The van der Waals surface area contributed by atoms with Crippen LogP contribution in [-0.2, 0) is 9.53 Å². The van der Waals surface area contributed by atoms with Crippen LogP contribution >= 0.6 is 0 Å². The lowest BCUT2D eigenvalue weighted by molar-refractivity contribution is -0.129. The van der Waals surface area contributed by atoms with Gasteiger partial charge in [0.25, 0.3) is 0 Å². The van der Waals surface area contributed by atoms with Gasteiger partial charge in [0.2, 0.25) is 5.91 Å². The van der Waals surface area contributed by atoms with Crippen LogP contribution in [-0.4, -0.2) is 60.6 Å². The standard InChI is InChI=1S/C18H24FN3O3/c1-13(23)21-8-6-14(7-9-21)20-18(24)22-10-11-25-17(12-22)15-4-2-3-5-16(15)19/h2-5,14,17H,6-12H2,1H3,(H,20,24)/t17-/m1/s1. The van der Waals surface area contributed by atoms with Gasteiger partial charge < -0.3 is 19.9 Å². The van der Waals surface area contributed by atoms with Gasteiger partial charge in [0.05, 0.1) is 13.2 Å². The summed E-state index contributed by atoms with van der Waals surface area (Å²) in [5.74, 6) is -0.239. The Labute approximate surface area is 146 Å². The van der Waals surface area contributed by atoms with Gasteiger partial charge in [0.1, 0.15) is 11.9 Å². The summed E-state index contributed by atoms with van der Waals surface area (Å²) < 4.78 is 19.6. The maximum absolute atomic E-state index is 13.9. The van der Waals surface area contributed by atoms with E-state index in [1.807, 2.05) is 0 Å². The van der Waals surface area contributed by atoms with E-state index in [1.165, 1.54) is 6.07 Å². The Morgan fingerprint density at radius 3 is 2.56 bits per heavy atom. The minimum absolute atomic E-state index is 0.0675. The highest BCUT2D eigenvalue weighted by molar-refractivity contribution is 5.75. The Morgan fingerprint density at radius 1 is 1.16 bits per heavy atom. The van der Waals surface area contributed by atoms with Gasteiger partial charge in [-0.1, -0.05) is 18.2 Å². The molecule has 0 aromatic heterocycles. The zero-order valence-corrected chi connectivity index (χ0v) is 14.4. The number of hydrogen-bond donors (Lipinski definition) is 1. The number of piperidine rings is 1. The number of hydrogen-bond acceptors (Lipinski definition) is 3. The molecule has 136 valence electrons. The van der Waals surface area contributed by atoms with Crippen molar-refractivity contribution in [2.45, 2.75) is 31.9 Å². The molecule has 0 spiro atoms. The van der Waals surface area contributed by atoms with E-state index in [0.29, 0.717) is 38.3 Å². The van der Waals surface area contributed by atoms with Crippen molar-refractivity contribution in [1.82, 2.24) is 15.1 Å². The smallest absolute Gasteiger partial charge is 0.317 e. The predicted molar refractivity (Wildman–Crippen MR) is 90.5 cm³/mol. The number of morpholine rings is 1. The summed E-state index contributed by atoms with van der Waals surface area (Å²) in [7, 11) is 0. The van der Waals surface area contributed by atoms with E-state index in [4.69, 9.17) is 4.74 Å². The van der Waals surface area contributed by atoms with Gasteiger partial charge in [0.15, 0.2) is 0 Å². The van der Waals surface area contributed by atoms with Crippen molar-refractivity contribution in [3.63, 3.8) is 0 Å². The van der Waals surface area contributed by atoms with Crippen LogP contribution in [0.4, 0.5) is 9.18 Å². The van der Waals surface area contributed by atoms with Crippen molar-refractivity contribution in [3.05, 3.63) is 35.6 Å². The average molecular weight is 349 g/mol. The second-order valence-electron chi connectivity index (χ2n) is 6.56. The molecule has 6 nitrogen and oxygen atoms in total. The van der Waals surface area contributed by atoms with Crippen LogP contribution in [0.3, 0.4) is 0 Å². The maximum Gasteiger partial charge on any atom is 0.317 e. The number of likely N-dealkylation sites (tertiary alicyclic amines) is 1. The average Bonchev–Trinajstić information content (AvgIpc) is 2.62. The molecule has 0 unspecified atom stereocenters. The first-order chi connectivity index (χ1) is 12.0. The number of carbonyl (C=O) groups is 2. The molecular formula is C18H24FN3O3. The van der Waals surface area contributed by atoms with Crippen molar-refractivity contribution < 1.29 is 18.7 Å². The fourth-order valence-electron chi connectivity index (χ4n) is 3.36. The number of nitrogens with zero attached hydrogens (tertiary/aromatic N) is 2. The summed E-state index contributed by atoms with van der Waals surface area (Å²) in [5.41, 5.74) is 0.481. The van der Waals surface area contributed by atoms with Gasteiger partial charge in [-0.3, -0.25) is 4.79 Å². The highest BCUT2D eigenvalue weighted by Gasteiger charge is 2.29. The summed E-state index contributed by atoms with van der Waals surface area (Å²) in [6.45, 7) is 4.11. The monoisotopic (exact) mass is 349 g/mol. The van der Waals surface area contributed by atoms with Crippen LogP contribution in [0.1, 0.15) is 31.4 Å². The molecule has 0 radical (unpaired) electrons. The second kappa shape index (κ2) is 7.82. The van der Waals surface area contributed by atoms with Crippen LogP contribution in [0.2, 0.25) is 0 Å². The van der Waals surface area contributed by atoms with Crippen molar-refractivity contribution in [2.75, 3.05) is 32.8 Å². The highest BCUT2D eigenvalue weighted by atomic mass is 19.1. The number of nitrogens with one attached hydrogen (secondary N) is 1. The third-order valence-electron chi connectivity index (χ3n) is 4.87. The minimum atomic E-state index is -0.444. The zero-order valence-electron chi connectivity index (χ0n) is 14.4. The number of carbonyl (C=O) groups excluding carboxylic acids is 2. The molecule has 0 saturated carbocycles. The largest absolute Gasteiger partial charge is 0.370 e. The summed E-state index contributed by atoms with van der Waals surface area (Å²) in [6.07, 6.45) is 1.07. The number of halogens is 1. The number of rotatable bonds is 2. The lowest BCUT2D eigenvalue weighted by Crippen LogP contribution is -2.52. The molecule has 1 N–H and O–H groups in total. The van der Waals surface area contributed by atoms with E-state index >= 15 is 0 Å². The van der Waals surface area contributed by atoms with Gasteiger partial charge in [-0.2, -0.15) is 0 Å². The van der Waals surface area contributed by atoms with Crippen molar-refractivity contribution in [2.24, 2.45) is 0 Å². The number of urea groups is 1. The maximum atomic E-state index is 13.9. The van der Waals surface area contributed by atoms with E-state index in [1.54, 1.807) is 34.9 Å².